The Bertz CT molecular complexity index is 380. The summed E-state index contributed by atoms with van der Waals surface area (Å²) in [4.78, 5) is 25.1. The number of carboxylic acids is 1. The molecule has 2 rings (SSSR count). The largest absolute Gasteiger partial charge is 0.481 e. The van der Waals surface area contributed by atoms with E-state index in [9.17, 15) is 9.59 Å². The standard InChI is InChI=1S/C15H26N2O4/c1-3-13-9-17(8-10(2)21-13)15(20)16-12-6-4-11(5-7-12)14(18)19/h10-13H,3-9H2,1-2H3,(H,16,20)(H,18,19). The number of ether oxygens (including phenoxy) is 1. The van der Waals surface area contributed by atoms with Crippen LogP contribution < -0.4 is 5.32 Å². The predicted octanol–water partition coefficient (Wildman–Crippen LogP) is 1.84. The van der Waals surface area contributed by atoms with Crippen LogP contribution in [0.4, 0.5) is 4.79 Å². The van der Waals surface area contributed by atoms with Gasteiger partial charge in [0.15, 0.2) is 0 Å². The summed E-state index contributed by atoms with van der Waals surface area (Å²) < 4.78 is 5.76. The second-order valence-corrected chi connectivity index (χ2v) is 6.22. The van der Waals surface area contributed by atoms with Crippen molar-refractivity contribution in [2.45, 2.75) is 64.2 Å². The molecule has 0 bridgehead atoms. The van der Waals surface area contributed by atoms with E-state index >= 15 is 0 Å². The first-order valence-corrected chi connectivity index (χ1v) is 7.93. The van der Waals surface area contributed by atoms with Crippen LogP contribution in [0.15, 0.2) is 0 Å². The van der Waals surface area contributed by atoms with Crippen LogP contribution in [0.5, 0.6) is 0 Å². The predicted molar refractivity (Wildman–Crippen MR) is 78.1 cm³/mol. The van der Waals surface area contributed by atoms with Crippen LogP contribution in [0.2, 0.25) is 0 Å². The highest BCUT2D eigenvalue weighted by molar-refractivity contribution is 5.75. The molecule has 2 unspecified atom stereocenters. The Balaban J connectivity index is 1.80. The monoisotopic (exact) mass is 298 g/mol. The molecule has 6 nitrogen and oxygen atoms in total. The molecule has 6 heteroatoms. The molecule has 0 radical (unpaired) electrons. The molecule has 1 aliphatic heterocycles. The number of amides is 2. The van der Waals surface area contributed by atoms with E-state index in [4.69, 9.17) is 9.84 Å². The molecule has 0 aromatic heterocycles. The number of nitrogens with zero attached hydrogens (tertiary/aromatic N) is 1. The van der Waals surface area contributed by atoms with Gasteiger partial charge in [-0.05, 0) is 39.0 Å². The Morgan fingerprint density at radius 2 is 1.90 bits per heavy atom. The number of hydrogen-bond donors (Lipinski definition) is 2. The minimum atomic E-state index is -0.715. The number of aliphatic carboxylic acids is 1. The Hall–Kier alpha value is -1.30. The Labute approximate surface area is 125 Å². The van der Waals surface area contributed by atoms with Crippen LogP contribution >= 0.6 is 0 Å². The van der Waals surface area contributed by atoms with Gasteiger partial charge in [0.05, 0.1) is 18.1 Å². The summed E-state index contributed by atoms with van der Waals surface area (Å²) in [7, 11) is 0. The van der Waals surface area contributed by atoms with Gasteiger partial charge in [0.1, 0.15) is 0 Å². The van der Waals surface area contributed by atoms with Crippen LogP contribution in [0.3, 0.4) is 0 Å². The second-order valence-electron chi connectivity index (χ2n) is 6.22. The number of rotatable bonds is 3. The maximum Gasteiger partial charge on any atom is 0.317 e. The minimum absolute atomic E-state index is 0.0395. The topological polar surface area (TPSA) is 78.9 Å². The molecule has 2 fully saturated rings. The van der Waals surface area contributed by atoms with Crippen molar-refractivity contribution in [1.29, 1.82) is 0 Å². The van der Waals surface area contributed by atoms with E-state index in [0.29, 0.717) is 25.9 Å². The summed E-state index contributed by atoms with van der Waals surface area (Å²) in [6, 6.07) is 0.0636. The molecule has 1 aliphatic carbocycles. The Morgan fingerprint density at radius 1 is 1.24 bits per heavy atom. The van der Waals surface area contributed by atoms with Gasteiger partial charge in [-0.3, -0.25) is 4.79 Å². The molecule has 1 saturated heterocycles. The number of morpholine rings is 1. The fourth-order valence-electron chi connectivity index (χ4n) is 3.19. The molecular formula is C15H26N2O4. The molecule has 21 heavy (non-hydrogen) atoms. The van der Waals surface area contributed by atoms with E-state index < -0.39 is 5.97 Å². The van der Waals surface area contributed by atoms with Crippen molar-refractivity contribution in [2.75, 3.05) is 13.1 Å². The highest BCUT2D eigenvalue weighted by atomic mass is 16.5. The lowest BCUT2D eigenvalue weighted by molar-refractivity contribution is -0.142. The molecule has 2 amide bonds. The van der Waals surface area contributed by atoms with Crippen molar-refractivity contribution in [1.82, 2.24) is 10.2 Å². The van der Waals surface area contributed by atoms with Gasteiger partial charge in [-0.2, -0.15) is 0 Å². The van der Waals surface area contributed by atoms with E-state index in [1.807, 2.05) is 11.8 Å². The van der Waals surface area contributed by atoms with Gasteiger partial charge in [-0.25, -0.2) is 4.79 Å². The second kappa shape index (κ2) is 7.11. The normalized spacial score (nSPS) is 33.5. The Kier molecular flexibility index (Phi) is 5.45. The van der Waals surface area contributed by atoms with E-state index in [1.165, 1.54) is 0 Å². The van der Waals surface area contributed by atoms with Crippen molar-refractivity contribution < 1.29 is 19.4 Å². The zero-order chi connectivity index (χ0) is 15.4. The molecule has 0 aromatic rings. The summed E-state index contributed by atoms with van der Waals surface area (Å²) in [5.41, 5.74) is 0. The first-order chi connectivity index (χ1) is 9.99. The summed E-state index contributed by atoms with van der Waals surface area (Å²) in [5, 5.41) is 12.0. The number of carbonyl (C=O) groups is 2. The summed E-state index contributed by atoms with van der Waals surface area (Å²) in [5.74, 6) is -0.960. The fourth-order valence-corrected chi connectivity index (χ4v) is 3.19. The highest BCUT2D eigenvalue weighted by Crippen LogP contribution is 2.24. The van der Waals surface area contributed by atoms with Crippen molar-refractivity contribution in [3.63, 3.8) is 0 Å². The van der Waals surface area contributed by atoms with Gasteiger partial charge in [0, 0.05) is 19.1 Å². The smallest absolute Gasteiger partial charge is 0.317 e. The summed E-state index contributed by atoms with van der Waals surface area (Å²) in [6.07, 6.45) is 3.88. The van der Waals surface area contributed by atoms with Gasteiger partial charge in [-0.1, -0.05) is 6.92 Å². The van der Waals surface area contributed by atoms with Crippen LogP contribution in [-0.2, 0) is 9.53 Å². The zero-order valence-electron chi connectivity index (χ0n) is 12.9. The average molecular weight is 298 g/mol. The highest BCUT2D eigenvalue weighted by Gasteiger charge is 2.30. The number of carboxylic acid groups (broad SMARTS) is 1. The number of urea groups is 1. The zero-order valence-corrected chi connectivity index (χ0v) is 12.9. The van der Waals surface area contributed by atoms with Crippen LogP contribution in [0, 0.1) is 5.92 Å². The van der Waals surface area contributed by atoms with Crippen molar-refractivity contribution in [2.24, 2.45) is 5.92 Å². The summed E-state index contributed by atoms with van der Waals surface area (Å²) in [6.45, 7) is 5.30. The van der Waals surface area contributed by atoms with Crippen molar-refractivity contribution in [3.8, 4) is 0 Å². The van der Waals surface area contributed by atoms with Gasteiger partial charge in [0.25, 0.3) is 0 Å². The van der Waals surface area contributed by atoms with E-state index in [0.717, 1.165) is 19.3 Å². The maximum absolute atomic E-state index is 12.3. The third-order valence-corrected chi connectivity index (χ3v) is 4.47. The molecule has 2 atom stereocenters. The lowest BCUT2D eigenvalue weighted by atomic mass is 9.86. The molecular weight excluding hydrogens is 272 g/mol. The van der Waals surface area contributed by atoms with Crippen molar-refractivity contribution in [3.05, 3.63) is 0 Å². The van der Waals surface area contributed by atoms with E-state index in [1.54, 1.807) is 0 Å². The fraction of sp³-hybridized carbons (Fsp3) is 0.867. The minimum Gasteiger partial charge on any atom is -0.481 e. The lowest BCUT2D eigenvalue weighted by Crippen LogP contribution is -2.54. The van der Waals surface area contributed by atoms with Gasteiger partial charge in [0.2, 0.25) is 0 Å². The van der Waals surface area contributed by atoms with Gasteiger partial charge in [-0.15, -0.1) is 0 Å². The molecule has 120 valence electrons. The SMILES string of the molecule is CCC1CN(C(=O)NC2CCC(C(=O)O)CC2)CC(C)O1. The molecule has 1 saturated carbocycles. The summed E-state index contributed by atoms with van der Waals surface area (Å²) >= 11 is 0. The quantitative estimate of drug-likeness (QED) is 0.833. The number of nitrogens with one attached hydrogen (secondary N) is 1. The molecule has 2 aliphatic rings. The van der Waals surface area contributed by atoms with Crippen LogP contribution in [0.25, 0.3) is 0 Å². The average Bonchev–Trinajstić information content (AvgIpc) is 2.47. The van der Waals surface area contributed by atoms with E-state index in [2.05, 4.69) is 12.2 Å². The Morgan fingerprint density at radius 3 is 2.48 bits per heavy atom. The third-order valence-electron chi connectivity index (χ3n) is 4.47. The van der Waals surface area contributed by atoms with Gasteiger partial charge >= 0.3 is 12.0 Å². The van der Waals surface area contributed by atoms with Crippen LogP contribution in [0.1, 0.15) is 46.0 Å². The first kappa shape index (κ1) is 16.1. The van der Waals surface area contributed by atoms with Crippen LogP contribution in [-0.4, -0.2) is 53.3 Å². The maximum atomic E-state index is 12.3. The van der Waals surface area contributed by atoms with E-state index in [-0.39, 0.29) is 30.2 Å². The lowest BCUT2D eigenvalue weighted by Gasteiger charge is -2.37. The molecule has 2 N–H and O–H groups in total. The molecule has 0 spiro atoms. The molecule has 0 aromatic carbocycles. The van der Waals surface area contributed by atoms with Gasteiger partial charge < -0.3 is 20.1 Å². The third kappa shape index (κ3) is 4.33. The molecule has 1 heterocycles. The van der Waals surface area contributed by atoms with Crippen molar-refractivity contribution >= 4 is 12.0 Å². The number of carbonyl (C=O) groups excluding carboxylic acids is 1. The first-order valence-electron chi connectivity index (χ1n) is 7.93. The number of hydrogen-bond acceptors (Lipinski definition) is 3.